The number of amides is 2. The number of thiazole rings is 1. The number of hydrogen-bond donors (Lipinski definition) is 2. The summed E-state index contributed by atoms with van der Waals surface area (Å²) in [4.78, 5) is 17.6. The van der Waals surface area contributed by atoms with Gasteiger partial charge in [-0.3, -0.25) is 0 Å². The minimum atomic E-state index is -0.272. The number of benzene rings is 1. The predicted octanol–water partition coefficient (Wildman–Crippen LogP) is 3.44. The summed E-state index contributed by atoms with van der Waals surface area (Å²) in [5.74, 6) is 0.411. The molecule has 7 nitrogen and oxygen atoms in total. The molecule has 0 bridgehead atoms. The smallest absolute Gasteiger partial charge is 0.319 e. The van der Waals surface area contributed by atoms with Crippen LogP contribution in [0.5, 0.6) is 0 Å². The number of nitrogens with one attached hydrogen (secondary N) is 2. The van der Waals surface area contributed by atoms with Crippen LogP contribution in [0.3, 0.4) is 0 Å². The molecule has 2 aromatic heterocycles. The predicted molar refractivity (Wildman–Crippen MR) is 91.9 cm³/mol. The number of anilines is 1. The van der Waals surface area contributed by atoms with Gasteiger partial charge in [0.15, 0.2) is 0 Å². The number of carbonyl (C=O) groups excluding carboxylic acids is 1. The van der Waals surface area contributed by atoms with Crippen LogP contribution in [0, 0.1) is 20.8 Å². The Morgan fingerprint density at radius 1 is 1.29 bits per heavy atom. The molecular weight excluding hydrogens is 326 g/mol. The van der Waals surface area contributed by atoms with E-state index in [2.05, 4.69) is 25.8 Å². The maximum atomic E-state index is 12.2. The number of hydrogen-bond acceptors (Lipinski definition) is 6. The van der Waals surface area contributed by atoms with Crippen LogP contribution in [0.25, 0.3) is 11.5 Å². The van der Waals surface area contributed by atoms with E-state index in [-0.39, 0.29) is 6.03 Å². The Kier molecular flexibility index (Phi) is 4.57. The third-order valence-electron chi connectivity index (χ3n) is 3.50. The summed E-state index contributed by atoms with van der Waals surface area (Å²) in [5.41, 5.74) is 3.34. The third kappa shape index (κ3) is 3.60. The number of rotatable bonds is 4. The van der Waals surface area contributed by atoms with Crippen LogP contribution in [-0.4, -0.2) is 21.2 Å². The van der Waals surface area contributed by atoms with Crippen molar-refractivity contribution in [3.05, 3.63) is 45.7 Å². The van der Waals surface area contributed by atoms with Crippen molar-refractivity contribution in [2.24, 2.45) is 0 Å². The van der Waals surface area contributed by atoms with Crippen LogP contribution in [0.15, 0.2) is 29.0 Å². The lowest BCUT2D eigenvalue weighted by molar-refractivity contribution is 0.252. The molecule has 0 aliphatic carbocycles. The van der Waals surface area contributed by atoms with Crippen molar-refractivity contribution >= 4 is 23.1 Å². The molecule has 124 valence electrons. The SMILES string of the molecule is Cc1nc(C)c(CNC(=O)Nc2cc(-c3nnco3)ccc2C)s1. The molecule has 0 saturated heterocycles. The normalized spacial score (nSPS) is 10.6. The topological polar surface area (TPSA) is 92.9 Å². The molecule has 0 atom stereocenters. The highest BCUT2D eigenvalue weighted by Gasteiger charge is 2.10. The maximum Gasteiger partial charge on any atom is 0.319 e. The summed E-state index contributed by atoms with van der Waals surface area (Å²) in [6.07, 6.45) is 1.27. The first-order valence-electron chi connectivity index (χ1n) is 7.38. The fourth-order valence-electron chi connectivity index (χ4n) is 2.25. The second-order valence-corrected chi connectivity index (χ2v) is 6.61. The van der Waals surface area contributed by atoms with Crippen molar-refractivity contribution in [3.8, 4) is 11.5 Å². The van der Waals surface area contributed by atoms with Crippen molar-refractivity contribution in [2.75, 3.05) is 5.32 Å². The number of aromatic nitrogens is 3. The summed E-state index contributed by atoms with van der Waals surface area (Å²) in [6, 6.07) is 5.30. The molecule has 3 aromatic rings. The highest BCUT2D eigenvalue weighted by Crippen LogP contribution is 2.24. The number of carbonyl (C=O) groups is 1. The van der Waals surface area contributed by atoms with E-state index in [4.69, 9.17) is 4.42 Å². The Balaban J connectivity index is 1.67. The van der Waals surface area contributed by atoms with Gasteiger partial charge < -0.3 is 15.1 Å². The van der Waals surface area contributed by atoms with Gasteiger partial charge in [0.25, 0.3) is 0 Å². The van der Waals surface area contributed by atoms with E-state index in [0.717, 1.165) is 26.7 Å². The number of aryl methyl sites for hydroxylation is 3. The van der Waals surface area contributed by atoms with E-state index in [1.807, 2.05) is 39.0 Å². The minimum Gasteiger partial charge on any atom is -0.423 e. The molecule has 0 radical (unpaired) electrons. The van der Waals surface area contributed by atoms with Gasteiger partial charge in [-0.15, -0.1) is 21.5 Å². The molecule has 2 N–H and O–H groups in total. The van der Waals surface area contributed by atoms with E-state index >= 15 is 0 Å². The first-order valence-corrected chi connectivity index (χ1v) is 8.19. The van der Waals surface area contributed by atoms with E-state index in [1.165, 1.54) is 6.39 Å². The molecule has 0 aliphatic heterocycles. The number of nitrogens with zero attached hydrogens (tertiary/aromatic N) is 3. The average molecular weight is 343 g/mol. The van der Waals surface area contributed by atoms with Crippen LogP contribution in [0.4, 0.5) is 10.5 Å². The molecular formula is C16H17N5O2S. The lowest BCUT2D eigenvalue weighted by Crippen LogP contribution is -2.28. The number of urea groups is 1. The Hall–Kier alpha value is -2.74. The molecule has 8 heteroatoms. The van der Waals surface area contributed by atoms with Crippen LogP contribution in [0.1, 0.15) is 21.1 Å². The van der Waals surface area contributed by atoms with Gasteiger partial charge in [-0.05, 0) is 38.5 Å². The third-order valence-corrected chi connectivity index (χ3v) is 4.57. The molecule has 3 rings (SSSR count). The summed E-state index contributed by atoms with van der Waals surface area (Å²) in [7, 11) is 0. The zero-order valence-corrected chi connectivity index (χ0v) is 14.4. The Morgan fingerprint density at radius 3 is 2.79 bits per heavy atom. The lowest BCUT2D eigenvalue weighted by atomic mass is 10.1. The standard InChI is InChI=1S/C16H17N5O2S/c1-9-4-5-12(15-21-18-8-23-15)6-13(9)20-16(22)17-7-14-10(2)19-11(3)24-14/h4-6,8H,7H2,1-3H3,(H2,17,20,22). The molecule has 0 spiro atoms. The molecule has 0 aliphatic rings. The van der Waals surface area contributed by atoms with E-state index in [1.54, 1.807) is 11.3 Å². The van der Waals surface area contributed by atoms with Crippen molar-refractivity contribution in [1.29, 1.82) is 0 Å². The zero-order chi connectivity index (χ0) is 17.1. The van der Waals surface area contributed by atoms with E-state index in [0.29, 0.717) is 18.1 Å². The Labute approximate surface area is 143 Å². The first-order chi connectivity index (χ1) is 11.5. The zero-order valence-electron chi connectivity index (χ0n) is 13.6. The fraction of sp³-hybridized carbons (Fsp3) is 0.250. The van der Waals surface area contributed by atoms with Gasteiger partial charge in [0.1, 0.15) is 0 Å². The van der Waals surface area contributed by atoms with Crippen molar-refractivity contribution in [3.63, 3.8) is 0 Å². The van der Waals surface area contributed by atoms with Crippen LogP contribution in [0.2, 0.25) is 0 Å². The molecule has 24 heavy (non-hydrogen) atoms. The molecule has 0 saturated carbocycles. The van der Waals surface area contributed by atoms with Crippen LogP contribution < -0.4 is 10.6 Å². The first kappa shape index (κ1) is 16.1. The monoisotopic (exact) mass is 343 g/mol. The average Bonchev–Trinajstić information content (AvgIpc) is 3.17. The second kappa shape index (κ2) is 6.79. The summed E-state index contributed by atoms with van der Waals surface area (Å²) < 4.78 is 5.18. The quantitative estimate of drug-likeness (QED) is 0.757. The van der Waals surface area contributed by atoms with Crippen molar-refractivity contribution < 1.29 is 9.21 Å². The maximum absolute atomic E-state index is 12.2. The van der Waals surface area contributed by atoms with Gasteiger partial charge in [0, 0.05) is 16.1 Å². The molecule has 2 amide bonds. The van der Waals surface area contributed by atoms with Gasteiger partial charge in [-0.2, -0.15) is 0 Å². The summed E-state index contributed by atoms with van der Waals surface area (Å²) in [5, 5.41) is 14.2. The molecule has 2 heterocycles. The van der Waals surface area contributed by atoms with E-state index < -0.39 is 0 Å². The van der Waals surface area contributed by atoms with Gasteiger partial charge in [0.2, 0.25) is 12.3 Å². The molecule has 1 aromatic carbocycles. The second-order valence-electron chi connectivity index (χ2n) is 5.32. The largest absolute Gasteiger partial charge is 0.423 e. The highest BCUT2D eigenvalue weighted by atomic mass is 32.1. The summed E-state index contributed by atoms with van der Waals surface area (Å²) in [6.45, 7) is 6.26. The molecule has 0 fully saturated rings. The van der Waals surface area contributed by atoms with E-state index in [9.17, 15) is 4.79 Å². The van der Waals surface area contributed by atoms with Crippen LogP contribution in [-0.2, 0) is 6.54 Å². The molecule has 0 unspecified atom stereocenters. The van der Waals surface area contributed by atoms with Gasteiger partial charge >= 0.3 is 6.03 Å². The van der Waals surface area contributed by atoms with Crippen molar-refractivity contribution in [2.45, 2.75) is 27.3 Å². The van der Waals surface area contributed by atoms with Crippen molar-refractivity contribution in [1.82, 2.24) is 20.5 Å². The Bertz CT molecular complexity index is 857. The summed E-state index contributed by atoms with van der Waals surface area (Å²) >= 11 is 1.59. The Morgan fingerprint density at radius 2 is 2.12 bits per heavy atom. The highest BCUT2D eigenvalue weighted by molar-refractivity contribution is 7.11. The van der Waals surface area contributed by atoms with Gasteiger partial charge in [-0.25, -0.2) is 9.78 Å². The van der Waals surface area contributed by atoms with Crippen LogP contribution >= 0.6 is 11.3 Å². The minimum absolute atomic E-state index is 0.272. The van der Waals surface area contributed by atoms with Gasteiger partial charge in [0.05, 0.1) is 17.2 Å². The fourth-order valence-corrected chi connectivity index (χ4v) is 3.13. The van der Waals surface area contributed by atoms with Gasteiger partial charge in [-0.1, -0.05) is 6.07 Å². The lowest BCUT2D eigenvalue weighted by Gasteiger charge is -2.10.